The zero-order valence-corrected chi connectivity index (χ0v) is 14.8. The maximum absolute atomic E-state index is 12.5. The second-order valence-electron chi connectivity index (χ2n) is 9.40. The van der Waals surface area contributed by atoms with Crippen LogP contribution in [0.15, 0.2) is 0 Å². The maximum atomic E-state index is 12.5. The van der Waals surface area contributed by atoms with Gasteiger partial charge in [-0.3, -0.25) is 9.59 Å². The Balaban J connectivity index is 1.74. The van der Waals surface area contributed by atoms with E-state index in [-0.39, 0.29) is 46.9 Å². The van der Waals surface area contributed by atoms with Crippen molar-refractivity contribution in [2.24, 2.45) is 40.4 Å². The fraction of sp³-hybridized carbons (Fsp3) is 0.900. The number of hydrogen-bond donors (Lipinski definition) is 2. The molecule has 0 heterocycles. The number of Topliss-reactive ketones (excluding diaryl/α,β-unsaturated/α-hetero) is 2. The molecule has 2 N–H and O–H groups in total. The van der Waals surface area contributed by atoms with Gasteiger partial charge in [-0.15, -0.1) is 0 Å². The zero-order valence-electron chi connectivity index (χ0n) is 14.8. The lowest BCUT2D eigenvalue weighted by atomic mass is 9.42. The quantitative estimate of drug-likeness (QED) is 0.772. The highest BCUT2D eigenvalue weighted by Gasteiger charge is 2.64. The van der Waals surface area contributed by atoms with E-state index >= 15 is 0 Å². The molecule has 0 aromatic carbocycles. The molecular weight excluding hydrogens is 304 g/mol. The number of fused-ring (bicyclic) bond motifs is 5. The number of aliphatic hydroxyl groups is 2. The number of hydrogen-bond acceptors (Lipinski definition) is 4. The van der Waals surface area contributed by atoms with Crippen molar-refractivity contribution in [2.75, 3.05) is 6.61 Å². The fourth-order valence-corrected chi connectivity index (χ4v) is 7.29. The van der Waals surface area contributed by atoms with Gasteiger partial charge in [0.05, 0.1) is 6.10 Å². The number of carbonyl (C=O) groups excluding carboxylic acids is 2. The Bertz CT molecular complexity index is 572. The van der Waals surface area contributed by atoms with Crippen molar-refractivity contribution in [1.82, 2.24) is 0 Å². The number of rotatable bonds is 1. The molecule has 0 amide bonds. The predicted molar refractivity (Wildman–Crippen MR) is 89.1 cm³/mol. The summed E-state index contributed by atoms with van der Waals surface area (Å²) in [5, 5.41) is 20.9. The molecule has 4 nitrogen and oxygen atoms in total. The minimum Gasteiger partial charge on any atom is -0.396 e. The van der Waals surface area contributed by atoms with Crippen molar-refractivity contribution in [3.63, 3.8) is 0 Å². The second-order valence-corrected chi connectivity index (χ2v) is 9.40. The van der Waals surface area contributed by atoms with Crippen LogP contribution in [0.2, 0.25) is 0 Å². The largest absolute Gasteiger partial charge is 0.396 e. The van der Waals surface area contributed by atoms with Crippen LogP contribution in [0.5, 0.6) is 0 Å². The Morgan fingerprint density at radius 2 is 1.88 bits per heavy atom. The molecule has 0 radical (unpaired) electrons. The third kappa shape index (κ3) is 1.99. The molecule has 4 fully saturated rings. The molecule has 0 spiro atoms. The molecular formula is C20H30O4. The van der Waals surface area contributed by atoms with Crippen LogP contribution >= 0.6 is 0 Å². The summed E-state index contributed by atoms with van der Waals surface area (Å²) in [6.07, 6.45) is 4.67. The first kappa shape index (κ1) is 16.7. The molecule has 0 saturated heterocycles. The number of carbonyl (C=O) groups is 2. The fourth-order valence-electron chi connectivity index (χ4n) is 7.29. The summed E-state index contributed by atoms with van der Waals surface area (Å²) in [7, 11) is 0. The summed E-state index contributed by atoms with van der Waals surface area (Å²) in [6.45, 7) is 4.42. The van der Waals surface area contributed by atoms with E-state index in [1.54, 1.807) is 0 Å². The van der Waals surface area contributed by atoms with Crippen molar-refractivity contribution < 1.29 is 19.8 Å². The first-order valence-electron chi connectivity index (χ1n) is 9.66. The lowest BCUT2D eigenvalue weighted by Gasteiger charge is -2.62. The van der Waals surface area contributed by atoms with Gasteiger partial charge >= 0.3 is 0 Å². The van der Waals surface area contributed by atoms with Crippen molar-refractivity contribution in [3.05, 3.63) is 0 Å². The second kappa shape index (κ2) is 5.38. The molecule has 4 saturated carbocycles. The molecule has 0 aliphatic heterocycles. The molecule has 0 aromatic rings. The van der Waals surface area contributed by atoms with E-state index < -0.39 is 6.10 Å². The first-order chi connectivity index (χ1) is 11.3. The van der Waals surface area contributed by atoms with Crippen LogP contribution < -0.4 is 0 Å². The summed E-state index contributed by atoms with van der Waals surface area (Å²) in [5.41, 5.74) is -0.343. The van der Waals surface area contributed by atoms with Crippen LogP contribution in [0.25, 0.3) is 0 Å². The Morgan fingerprint density at radius 1 is 1.12 bits per heavy atom. The number of aliphatic hydroxyl groups excluding tert-OH is 2. The van der Waals surface area contributed by atoms with E-state index in [1.165, 1.54) is 0 Å². The van der Waals surface area contributed by atoms with E-state index in [0.717, 1.165) is 19.3 Å². The highest BCUT2D eigenvalue weighted by Crippen LogP contribution is 2.66. The smallest absolute Gasteiger partial charge is 0.139 e. The molecule has 0 bridgehead atoms. The maximum Gasteiger partial charge on any atom is 0.139 e. The van der Waals surface area contributed by atoms with Crippen LogP contribution in [0.3, 0.4) is 0 Å². The van der Waals surface area contributed by atoms with E-state index in [0.29, 0.717) is 37.4 Å². The van der Waals surface area contributed by atoms with Gasteiger partial charge in [0.15, 0.2) is 0 Å². The van der Waals surface area contributed by atoms with E-state index in [2.05, 4.69) is 13.8 Å². The van der Waals surface area contributed by atoms with Crippen molar-refractivity contribution in [2.45, 2.75) is 64.9 Å². The molecule has 134 valence electrons. The molecule has 0 aromatic heterocycles. The van der Waals surface area contributed by atoms with Crippen LogP contribution in [0.4, 0.5) is 0 Å². The lowest BCUT2D eigenvalue weighted by molar-refractivity contribution is -0.186. The molecule has 4 aliphatic carbocycles. The van der Waals surface area contributed by atoms with Crippen LogP contribution in [0.1, 0.15) is 58.8 Å². The summed E-state index contributed by atoms with van der Waals surface area (Å²) < 4.78 is 0. The first-order valence-corrected chi connectivity index (χ1v) is 9.66. The molecule has 4 rings (SSSR count). The van der Waals surface area contributed by atoms with Gasteiger partial charge in [-0.1, -0.05) is 13.8 Å². The van der Waals surface area contributed by atoms with Crippen molar-refractivity contribution >= 4 is 11.6 Å². The highest BCUT2D eigenvalue weighted by atomic mass is 16.3. The van der Waals surface area contributed by atoms with Gasteiger partial charge in [0.25, 0.3) is 0 Å². The Hall–Kier alpha value is -0.740. The van der Waals surface area contributed by atoms with Gasteiger partial charge in [-0.2, -0.15) is 0 Å². The lowest BCUT2D eigenvalue weighted by Crippen LogP contribution is -2.61. The highest BCUT2D eigenvalue weighted by molar-refractivity contribution is 5.87. The Labute approximate surface area is 144 Å². The van der Waals surface area contributed by atoms with E-state index in [9.17, 15) is 19.8 Å². The summed E-state index contributed by atoms with van der Waals surface area (Å²) >= 11 is 0. The van der Waals surface area contributed by atoms with E-state index in [1.807, 2.05) is 0 Å². The third-order valence-corrected chi connectivity index (χ3v) is 8.74. The monoisotopic (exact) mass is 334 g/mol. The van der Waals surface area contributed by atoms with Gasteiger partial charge < -0.3 is 10.2 Å². The van der Waals surface area contributed by atoms with Crippen molar-refractivity contribution in [1.29, 1.82) is 0 Å². The van der Waals surface area contributed by atoms with Gasteiger partial charge in [0.1, 0.15) is 11.6 Å². The zero-order chi connectivity index (χ0) is 17.3. The van der Waals surface area contributed by atoms with Crippen LogP contribution in [-0.4, -0.2) is 34.5 Å². The van der Waals surface area contributed by atoms with Gasteiger partial charge in [-0.25, -0.2) is 0 Å². The summed E-state index contributed by atoms with van der Waals surface area (Å²) in [4.78, 5) is 24.6. The third-order valence-electron chi connectivity index (χ3n) is 8.74. The molecule has 2 unspecified atom stereocenters. The normalized spacial score (nSPS) is 54.2. The SMILES string of the molecule is C[C@]12C(CO)CC(=O)CC1C[C@@H](O)[C@@H]1[C@@H]2CC[C@]2(C)C(=O)CC[C@@H]12. The van der Waals surface area contributed by atoms with E-state index in [4.69, 9.17) is 0 Å². The number of ketones is 2. The minimum absolute atomic E-state index is 0.00482. The van der Waals surface area contributed by atoms with Crippen molar-refractivity contribution in [3.8, 4) is 0 Å². The molecule has 24 heavy (non-hydrogen) atoms. The van der Waals surface area contributed by atoms with Gasteiger partial charge in [0, 0.05) is 31.3 Å². The standard InChI is InChI=1S/C20H30O4/c1-19-6-5-15-18(14(19)3-4-17(19)24)16(23)9-11-7-13(22)8-12(10-21)20(11,15)2/h11-12,14-16,18,21,23H,3-10H2,1-2H3/t11?,12?,14-,15-,16+,18-,19-,20+/m0/s1. The van der Waals surface area contributed by atoms with Gasteiger partial charge in [-0.05, 0) is 60.7 Å². The minimum atomic E-state index is -0.408. The average Bonchev–Trinajstić information content (AvgIpc) is 2.84. The molecule has 4 aliphatic rings. The topological polar surface area (TPSA) is 74.6 Å². The molecule has 8 atom stereocenters. The average molecular weight is 334 g/mol. The Morgan fingerprint density at radius 3 is 2.58 bits per heavy atom. The summed E-state index contributed by atoms with van der Waals surface area (Å²) in [6, 6.07) is 0. The Kier molecular flexibility index (Phi) is 3.74. The van der Waals surface area contributed by atoms with Gasteiger partial charge in [0.2, 0.25) is 0 Å². The summed E-state index contributed by atoms with van der Waals surface area (Å²) in [5.74, 6) is 1.54. The molecule has 4 heteroatoms. The van der Waals surface area contributed by atoms with Crippen LogP contribution in [-0.2, 0) is 9.59 Å². The van der Waals surface area contributed by atoms with Crippen LogP contribution in [0, 0.1) is 40.4 Å². The predicted octanol–water partition coefficient (Wildman–Crippen LogP) is 2.36.